The summed E-state index contributed by atoms with van der Waals surface area (Å²) in [4.78, 5) is 0. The van der Waals surface area contributed by atoms with Crippen LogP contribution in [0.5, 0.6) is 0 Å². The average molecular weight is 283 g/mol. The van der Waals surface area contributed by atoms with Crippen molar-refractivity contribution in [1.82, 2.24) is 5.32 Å². The molecule has 2 nitrogen and oxygen atoms in total. The highest BCUT2D eigenvalue weighted by Crippen LogP contribution is 2.39. The highest BCUT2D eigenvalue weighted by molar-refractivity contribution is 5.21. The van der Waals surface area contributed by atoms with Gasteiger partial charge >= 0.3 is 0 Å². The fraction of sp³-hybridized carbons (Fsp3) is 0.625. The molecule has 1 fully saturated rings. The molecule has 0 amide bonds. The normalized spacial score (nSPS) is 18.6. The van der Waals surface area contributed by atoms with Gasteiger partial charge in [0.05, 0.1) is 5.60 Å². The van der Waals surface area contributed by atoms with Crippen LogP contribution in [0.4, 0.5) is 8.78 Å². The fourth-order valence-electron chi connectivity index (χ4n) is 2.99. The van der Waals surface area contributed by atoms with E-state index in [2.05, 4.69) is 5.32 Å². The predicted octanol–water partition coefficient (Wildman–Crippen LogP) is 3.44. The number of methoxy groups -OCH3 is 1. The molecule has 1 aliphatic rings. The fourth-order valence-corrected chi connectivity index (χ4v) is 2.99. The van der Waals surface area contributed by atoms with Crippen molar-refractivity contribution in [2.75, 3.05) is 13.7 Å². The Morgan fingerprint density at radius 3 is 2.40 bits per heavy atom. The summed E-state index contributed by atoms with van der Waals surface area (Å²) in [5.74, 6) is -0.930. The first-order chi connectivity index (χ1) is 9.60. The molecule has 1 saturated carbocycles. The molecule has 0 saturated heterocycles. The van der Waals surface area contributed by atoms with E-state index in [0.717, 1.165) is 25.8 Å². The predicted molar refractivity (Wildman–Crippen MR) is 75.7 cm³/mol. The van der Waals surface area contributed by atoms with Gasteiger partial charge in [-0.15, -0.1) is 0 Å². The minimum absolute atomic E-state index is 0.0339. The van der Waals surface area contributed by atoms with E-state index in [0.29, 0.717) is 6.42 Å². The first kappa shape index (κ1) is 15.4. The second-order valence-corrected chi connectivity index (χ2v) is 5.60. The molecule has 1 N–H and O–H groups in total. The smallest absolute Gasteiger partial charge is 0.129 e. The number of hydrogen-bond donors (Lipinski definition) is 1. The molecular formula is C16H23F2NO. The first-order valence-corrected chi connectivity index (χ1v) is 7.31. The lowest BCUT2D eigenvalue weighted by Gasteiger charge is -2.43. The summed E-state index contributed by atoms with van der Waals surface area (Å²) in [5, 5.41) is 3.33. The average Bonchev–Trinajstić information content (AvgIpc) is 2.38. The summed E-state index contributed by atoms with van der Waals surface area (Å²) in [6.07, 6.45) is 4.39. The molecule has 4 heteroatoms. The molecule has 0 aliphatic heterocycles. The first-order valence-electron chi connectivity index (χ1n) is 7.31. The molecule has 0 bridgehead atoms. The van der Waals surface area contributed by atoms with Gasteiger partial charge in [0.2, 0.25) is 0 Å². The zero-order chi connectivity index (χ0) is 14.6. The van der Waals surface area contributed by atoms with Crippen LogP contribution in [0.2, 0.25) is 0 Å². The van der Waals surface area contributed by atoms with Crippen LogP contribution in [0.3, 0.4) is 0 Å². The minimum Gasteiger partial charge on any atom is -0.378 e. The van der Waals surface area contributed by atoms with Crippen molar-refractivity contribution < 1.29 is 13.5 Å². The minimum atomic E-state index is -0.465. The standard InChI is InChI=1S/C16H23F2NO/c1-3-19-12(11-16(20-2)8-5-9-16)10-13-14(17)6-4-7-15(13)18/h4,6-7,12,19H,3,5,8-11H2,1-2H3. The summed E-state index contributed by atoms with van der Waals surface area (Å²) < 4.78 is 33.1. The number of hydrogen-bond acceptors (Lipinski definition) is 2. The molecule has 1 atom stereocenters. The van der Waals surface area contributed by atoms with Crippen molar-refractivity contribution in [2.45, 2.75) is 50.7 Å². The zero-order valence-electron chi connectivity index (χ0n) is 12.2. The Hall–Kier alpha value is -1.00. The van der Waals surface area contributed by atoms with E-state index >= 15 is 0 Å². The monoisotopic (exact) mass is 283 g/mol. The Balaban J connectivity index is 2.09. The van der Waals surface area contributed by atoms with Crippen LogP contribution in [-0.2, 0) is 11.2 Å². The maximum Gasteiger partial charge on any atom is 0.129 e. The van der Waals surface area contributed by atoms with Gasteiger partial charge in [-0.1, -0.05) is 13.0 Å². The summed E-state index contributed by atoms with van der Waals surface area (Å²) in [5.41, 5.74) is 0.0678. The van der Waals surface area contributed by atoms with Gasteiger partial charge in [-0.3, -0.25) is 0 Å². The van der Waals surface area contributed by atoms with E-state index in [1.165, 1.54) is 24.6 Å². The Kier molecular flexibility index (Phi) is 5.11. The number of halogens is 2. The van der Waals surface area contributed by atoms with E-state index in [1.54, 1.807) is 7.11 Å². The number of rotatable bonds is 7. The topological polar surface area (TPSA) is 21.3 Å². The van der Waals surface area contributed by atoms with E-state index < -0.39 is 11.6 Å². The van der Waals surface area contributed by atoms with Crippen molar-refractivity contribution in [3.8, 4) is 0 Å². The number of nitrogens with one attached hydrogen (secondary N) is 1. The molecule has 1 aliphatic carbocycles. The van der Waals surface area contributed by atoms with Gasteiger partial charge < -0.3 is 10.1 Å². The maximum atomic E-state index is 13.8. The van der Waals surface area contributed by atoms with Gasteiger partial charge in [0.15, 0.2) is 0 Å². The van der Waals surface area contributed by atoms with Gasteiger partial charge in [0.25, 0.3) is 0 Å². The lowest BCUT2D eigenvalue weighted by molar-refractivity contribution is -0.0834. The summed E-state index contributed by atoms with van der Waals surface area (Å²) >= 11 is 0. The summed E-state index contributed by atoms with van der Waals surface area (Å²) in [6.45, 7) is 2.78. The van der Waals surface area contributed by atoms with Crippen LogP contribution in [0, 0.1) is 11.6 Å². The molecule has 112 valence electrons. The molecule has 2 rings (SSSR count). The van der Waals surface area contributed by atoms with Gasteiger partial charge in [0.1, 0.15) is 11.6 Å². The van der Waals surface area contributed by atoms with Crippen LogP contribution >= 0.6 is 0 Å². The summed E-state index contributed by atoms with van der Waals surface area (Å²) in [6, 6.07) is 4.07. The molecule has 1 aromatic rings. The van der Waals surface area contributed by atoms with Crippen molar-refractivity contribution in [1.29, 1.82) is 0 Å². The Labute approximate surface area is 119 Å². The van der Waals surface area contributed by atoms with E-state index in [4.69, 9.17) is 4.74 Å². The molecule has 0 spiro atoms. The van der Waals surface area contributed by atoms with Gasteiger partial charge in [0, 0.05) is 18.7 Å². The molecule has 0 aromatic heterocycles. The number of ether oxygens (including phenoxy) is 1. The zero-order valence-corrected chi connectivity index (χ0v) is 12.2. The van der Waals surface area contributed by atoms with Crippen LogP contribution < -0.4 is 5.32 Å². The molecular weight excluding hydrogens is 260 g/mol. The quantitative estimate of drug-likeness (QED) is 0.827. The van der Waals surface area contributed by atoms with E-state index in [-0.39, 0.29) is 17.2 Å². The van der Waals surface area contributed by atoms with Crippen molar-refractivity contribution in [2.24, 2.45) is 0 Å². The van der Waals surface area contributed by atoms with Crippen molar-refractivity contribution in [3.63, 3.8) is 0 Å². The number of likely N-dealkylation sites (N-methyl/N-ethyl adjacent to an activating group) is 1. The Bertz CT molecular complexity index is 420. The highest BCUT2D eigenvalue weighted by Gasteiger charge is 2.39. The summed E-state index contributed by atoms with van der Waals surface area (Å²) in [7, 11) is 1.73. The van der Waals surface area contributed by atoms with Crippen LogP contribution in [0.1, 0.15) is 38.2 Å². The van der Waals surface area contributed by atoms with E-state index in [1.807, 2.05) is 6.92 Å². The third-order valence-electron chi connectivity index (χ3n) is 4.32. The maximum absolute atomic E-state index is 13.8. The largest absolute Gasteiger partial charge is 0.378 e. The SMILES string of the molecule is CCNC(Cc1c(F)cccc1F)CC1(OC)CCC1. The second kappa shape index (κ2) is 6.64. The molecule has 1 aromatic carbocycles. The van der Waals surface area contributed by atoms with Gasteiger partial charge in [-0.25, -0.2) is 8.78 Å². The molecule has 1 unspecified atom stereocenters. The molecule has 0 heterocycles. The Morgan fingerprint density at radius 1 is 1.30 bits per heavy atom. The van der Waals surface area contributed by atoms with Crippen LogP contribution in [0.15, 0.2) is 18.2 Å². The molecule has 0 radical (unpaired) electrons. The van der Waals surface area contributed by atoms with Crippen molar-refractivity contribution >= 4 is 0 Å². The Morgan fingerprint density at radius 2 is 1.95 bits per heavy atom. The van der Waals surface area contributed by atoms with Gasteiger partial charge in [-0.2, -0.15) is 0 Å². The van der Waals surface area contributed by atoms with Crippen LogP contribution in [-0.4, -0.2) is 25.3 Å². The van der Waals surface area contributed by atoms with Crippen LogP contribution in [0.25, 0.3) is 0 Å². The third-order valence-corrected chi connectivity index (χ3v) is 4.32. The molecule has 20 heavy (non-hydrogen) atoms. The lowest BCUT2D eigenvalue weighted by Crippen LogP contribution is -2.46. The second-order valence-electron chi connectivity index (χ2n) is 5.60. The van der Waals surface area contributed by atoms with Crippen molar-refractivity contribution in [3.05, 3.63) is 35.4 Å². The number of benzene rings is 1. The van der Waals surface area contributed by atoms with Gasteiger partial charge in [-0.05, 0) is 50.8 Å². The third kappa shape index (κ3) is 3.36. The van der Waals surface area contributed by atoms with E-state index in [9.17, 15) is 8.78 Å². The highest BCUT2D eigenvalue weighted by atomic mass is 19.1. The lowest BCUT2D eigenvalue weighted by atomic mass is 9.75.